The van der Waals surface area contributed by atoms with Gasteiger partial charge < -0.3 is 19.7 Å². The smallest absolute Gasteiger partial charge is 0.360 e. The second kappa shape index (κ2) is 8.41. The molecule has 0 saturated carbocycles. The summed E-state index contributed by atoms with van der Waals surface area (Å²) in [5.74, 6) is 0.144. The quantitative estimate of drug-likeness (QED) is 0.636. The van der Waals surface area contributed by atoms with E-state index in [2.05, 4.69) is 30.1 Å². The van der Waals surface area contributed by atoms with E-state index in [9.17, 15) is 18.0 Å². The molecule has 33 heavy (non-hydrogen) atoms. The molecule has 3 aromatic rings. The minimum atomic E-state index is -4.34. The van der Waals surface area contributed by atoms with E-state index in [4.69, 9.17) is 0 Å². The fourth-order valence-electron chi connectivity index (χ4n) is 5.00. The van der Waals surface area contributed by atoms with Crippen molar-refractivity contribution >= 4 is 22.5 Å². The predicted molar refractivity (Wildman–Crippen MR) is 121 cm³/mol. The van der Waals surface area contributed by atoms with Crippen LogP contribution in [0, 0.1) is 6.92 Å². The number of alkyl halides is 3. The summed E-state index contributed by atoms with van der Waals surface area (Å²) in [4.78, 5) is 21.7. The van der Waals surface area contributed by atoms with Crippen molar-refractivity contribution in [1.82, 2.24) is 9.88 Å². The fraction of sp³-hybridized carbons (Fsp3) is 0.400. The van der Waals surface area contributed by atoms with Gasteiger partial charge in [0, 0.05) is 47.4 Å². The lowest BCUT2D eigenvalue weighted by Gasteiger charge is -2.35. The molecule has 1 aromatic heterocycles. The molecule has 3 heterocycles. The highest BCUT2D eigenvalue weighted by Crippen LogP contribution is 2.32. The number of aromatic nitrogens is 1. The zero-order chi connectivity index (χ0) is 23.2. The molecule has 2 aliphatic rings. The summed E-state index contributed by atoms with van der Waals surface area (Å²) in [5.41, 5.74) is 4.74. The molecule has 2 aromatic carbocycles. The Hall–Kier alpha value is -3.00. The number of carbonyl (C=O) groups is 1. The summed E-state index contributed by atoms with van der Waals surface area (Å²) >= 11 is 0. The molecule has 174 valence electrons. The average Bonchev–Trinajstić information content (AvgIpc) is 3.16. The Balaban J connectivity index is 1.19. The van der Waals surface area contributed by atoms with Gasteiger partial charge in [-0.05, 0) is 37.3 Å². The van der Waals surface area contributed by atoms with Gasteiger partial charge in [-0.2, -0.15) is 13.2 Å². The predicted octanol–water partition coefficient (Wildman–Crippen LogP) is 2.78. The van der Waals surface area contributed by atoms with Crippen molar-refractivity contribution < 1.29 is 22.9 Å². The first-order valence-electron chi connectivity index (χ1n) is 11.4. The minimum Gasteiger partial charge on any atom is -0.360 e. The second-order valence-electron chi connectivity index (χ2n) is 9.16. The Morgan fingerprint density at radius 2 is 1.88 bits per heavy atom. The van der Waals surface area contributed by atoms with Crippen LogP contribution in [0.4, 0.5) is 18.9 Å². The summed E-state index contributed by atoms with van der Waals surface area (Å²) < 4.78 is 39.1. The SMILES string of the molecule is Cc1ccc2[nH]c3c(c2c1)CN(C(=O)C[NH+]1CCN(c2cccc(C(F)(F)F)c2)CC1)CC3. The number of aromatic amines is 1. The maximum absolute atomic E-state index is 13.1. The van der Waals surface area contributed by atoms with Crippen LogP contribution in [0.2, 0.25) is 0 Å². The maximum Gasteiger partial charge on any atom is 0.416 e. The van der Waals surface area contributed by atoms with E-state index < -0.39 is 11.7 Å². The third-order valence-electron chi connectivity index (χ3n) is 6.89. The van der Waals surface area contributed by atoms with Gasteiger partial charge in [0.05, 0.1) is 31.7 Å². The summed E-state index contributed by atoms with van der Waals surface area (Å²) in [7, 11) is 0. The van der Waals surface area contributed by atoms with Crippen molar-refractivity contribution in [2.24, 2.45) is 0 Å². The van der Waals surface area contributed by atoms with E-state index in [0.717, 1.165) is 31.1 Å². The van der Waals surface area contributed by atoms with Gasteiger partial charge >= 0.3 is 6.18 Å². The number of hydrogen-bond donors (Lipinski definition) is 2. The number of aryl methyl sites for hydroxylation is 1. The summed E-state index contributed by atoms with van der Waals surface area (Å²) in [5, 5.41) is 1.20. The first-order valence-corrected chi connectivity index (χ1v) is 11.4. The van der Waals surface area contributed by atoms with Gasteiger partial charge in [-0.25, -0.2) is 0 Å². The van der Waals surface area contributed by atoms with Crippen LogP contribution >= 0.6 is 0 Å². The molecule has 0 aliphatic carbocycles. The summed E-state index contributed by atoms with van der Waals surface area (Å²) in [6, 6.07) is 11.9. The van der Waals surface area contributed by atoms with Gasteiger partial charge in [0.2, 0.25) is 0 Å². The van der Waals surface area contributed by atoms with Crippen LogP contribution in [-0.4, -0.2) is 55.1 Å². The molecule has 5 nitrogen and oxygen atoms in total. The average molecular weight is 458 g/mol. The van der Waals surface area contributed by atoms with Crippen molar-refractivity contribution in [2.75, 3.05) is 44.2 Å². The number of nitrogens with one attached hydrogen (secondary N) is 2. The Kier molecular flexibility index (Phi) is 5.56. The van der Waals surface area contributed by atoms with Crippen molar-refractivity contribution in [3.8, 4) is 0 Å². The number of amides is 1. The first kappa shape index (κ1) is 21.8. The summed E-state index contributed by atoms with van der Waals surface area (Å²) in [6.45, 7) is 6.56. The molecule has 0 radical (unpaired) electrons. The van der Waals surface area contributed by atoms with E-state index in [1.54, 1.807) is 6.07 Å². The molecule has 0 atom stereocenters. The Bertz CT molecular complexity index is 1180. The minimum absolute atomic E-state index is 0.144. The molecular formula is C25H28F3N4O+. The molecule has 1 saturated heterocycles. The molecule has 0 spiro atoms. The van der Waals surface area contributed by atoms with Crippen LogP contribution in [-0.2, 0) is 23.9 Å². The number of H-pyrrole nitrogens is 1. The number of nitrogens with zero attached hydrogens (tertiary/aromatic N) is 2. The topological polar surface area (TPSA) is 43.8 Å². The van der Waals surface area contributed by atoms with Crippen molar-refractivity contribution in [2.45, 2.75) is 26.1 Å². The highest BCUT2D eigenvalue weighted by Gasteiger charge is 2.32. The number of piperazine rings is 1. The van der Waals surface area contributed by atoms with E-state index in [-0.39, 0.29) is 5.91 Å². The lowest BCUT2D eigenvalue weighted by molar-refractivity contribution is -0.892. The molecule has 2 N–H and O–H groups in total. The number of halogens is 3. The number of benzene rings is 2. The zero-order valence-electron chi connectivity index (χ0n) is 18.6. The molecule has 5 rings (SSSR count). The Morgan fingerprint density at radius 3 is 2.64 bits per heavy atom. The fourth-order valence-corrected chi connectivity index (χ4v) is 5.00. The normalized spacial score (nSPS) is 17.5. The molecule has 1 fully saturated rings. The molecule has 0 unspecified atom stereocenters. The molecule has 1 amide bonds. The highest BCUT2D eigenvalue weighted by atomic mass is 19.4. The Labute approximate surface area is 190 Å². The number of fused-ring (bicyclic) bond motifs is 3. The number of rotatable bonds is 3. The van der Waals surface area contributed by atoms with Gasteiger partial charge in [-0.1, -0.05) is 17.7 Å². The van der Waals surface area contributed by atoms with Gasteiger partial charge in [0.1, 0.15) is 0 Å². The largest absolute Gasteiger partial charge is 0.416 e. The summed E-state index contributed by atoms with van der Waals surface area (Å²) in [6.07, 6.45) is -3.51. The van der Waals surface area contributed by atoms with Crippen LogP contribution in [0.3, 0.4) is 0 Å². The number of quaternary nitrogens is 1. The number of carbonyl (C=O) groups excluding carboxylic acids is 1. The first-order chi connectivity index (χ1) is 15.8. The van der Waals surface area contributed by atoms with E-state index >= 15 is 0 Å². The van der Waals surface area contributed by atoms with Gasteiger partial charge in [-0.3, -0.25) is 4.79 Å². The van der Waals surface area contributed by atoms with Gasteiger partial charge in [0.15, 0.2) is 6.54 Å². The van der Waals surface area contributed by atoms with E-state index in [1.165, 1.54) is 39.2 Å². The maximum atomic E-state index is 13.1. The molecule has 8 heteroatoms. The lowest BCUT2D eigenvalue weighted by Crippen LogP contribution is -3.15. The second-order valence-corrected chi connectivity index (χ2v) is 9.16. The van der Waals surface area contributed by atoms with Crippen LogP contribution in [0.25, 0.3) is 10.9 Å². The van der Waals surface area contributed by atoms with Crippen molar-refractivity contribution in [1.29, 1.82) is 0 Å². The highest BCUT2D eigenvalue weighted by molar-refractivity contribution is 5.86. The number of anilines is 1. The van der Waals surface area contributed by atoms with Gasteiger partial charge in [0.25, 0.3) is 5.91 Å². The molecular weight excluding hydrogens is 429 g/mol. The van der Waals surface area contributed by atoms with Crippen LogP contribution < -0.4 is 9.80 Å². The monoisotopic (exact) mass is 457 g/mol. The van der Waals surface area contributed by atoms with E-state index in [0.29, 0.717) is 38.4 Å². The van der Waals surface area contributed by atoms with Crippen molar-refractivity contribution in [3.05, 3.63) is 64.8 Å². The standard InChI is InChI=1S/C25H27F3N4O/c1-17-5-6-22-20(13-17)21-15-32(8-7-23(21)29-22)24(33)16-30-9-11-31(12-10-30)19-4-2-3-18(14-19)25(26,27)28/h2-6,13-14,29H,7-12,15-16H2,1H3/p+1. The van der Waals surface area contributed by atoms with Gasteiger partial charge in [-0.15, -0.1) is 0 Å². The van der Waals surface area contributed by atoms with Crippen molar-refractivity contribution in [3.63, 3.8) is 0 Å². The third kappa shape index (κ3) is 4.44. The third-order valence-corrected chi connectivity index (χ3v) is 6.89. The van der Waals surface area contributed by atoms with Crippen LogP contribution in [0.5, 0.6) is 0 Å². The zero-order valence-corrected chi connectivity index (χ0v) is 18.6. The Morgan fingerprint density at radius 1 is 1.09 bits per heavy atom. The molecule has 2 aliphatic heterocycles. The van der Waals surface area contributed by atoms with Crippen LogP contribution in [0.1, 0.15) is 22.4 Å². The lowest BCUT2D eigenvalue weighted by atomic mass is 10.0. The number of hydrogen-bond acceptors (Lipinski definition) is 2. The molecule has 0 bridgehead atoms. The van der Waals surface area contributed by atoms with E-state index in [1.807, 2.05) is 9.80 Å². The van der Waals surface area contributed by atoms with Crippen LogP contribution in [0.15, 0.2) is 42.5 Å².